The van der Waals surface area contributed by atoms with Crippen molar-refractivity contribution in [1.29, 1.82) is 0 Å². The second-order valence-electron chi connectivity index (χ2n) is 8.98. The minimum absolute atomic E-state index is 0.316. The molecule has 35 heavy (non-hydrogen) atoms. The summed E-state index contributed by atoms with van der Waals surface area (Å²) in [5.74, 6) is -1.38. The van der Waals surface area contributed by atoms with Gasteiger partial charge in [0.05, 0.1) is 0 Å². The Morgan fingerprint density at radius 2 is 1.51 bits per heavy atom. The van der Waals surface area contributed by atoms with Crippen LogP contribution in [0.15, 0.2) is 90.6 Å². The lowest BCUT2D eigenvalue weighted by atomic mass is 9.83. The summed E-state index contributed by atoms with van der Waals surface area (Å²) < 4.78 is 5.09. The van der Waals surface area contributed by atoms with Gasteiger partial charge in [0, 0.05) is 35.5 Å². The summed E-state index contributed by atoms with van der Waals surface area (Å²) in [4.78, 5) is 39.0. The summed E-state index contributed by atoms with van der Waals surface area (Å²) in [6, 6.07) is 25.0. The molecule has 1 aliphatic heterocycles. The highest BCUT2D eigenvalue weighted by atomic mass is 16.5. The smallest absolute Gasteiger partial charge is 0.325 e. The normalized spacial score (nSPS) is 14.9. The minimum atomic E-state index is -0.673. The molecule has 1 heterocycles. The van der Waals surface area contributed by atoms with Crippen molar-refractivity contribution in [2.45, 2.75) is 19.3 Å². The number of carbonyl (C=O) groups is 3. The number of ketones is 1. The van der Waals surface area contributed by atoms with Crippen LogP contribution in [0.5, 0.6) is 0 Å². The summed E-state index contributed by atoms with van der Waals surface area (Å²) in [5, 5.41) is 2.54. The Hall–Kier alpha value is -4.19. The molecule has 1 N–H and O–H groups in total. The summed E-state index contributed by atoms with van der Waals surface area (Å²) in [5.41, 5.74) is 5.17. The van der Waals surface area contributed by atoms with Crippen LogP contribution in [0.4, 0.5) is 5.69 Å². The monoisotopic (exact) mass is 468 g/mol. The molecule has 0 atom stereocenters. The Balaban J connectivity index is 1.28. The van der Waals surface area contributed by atoms with Gasteiger partial charge in [-0.15, -0.1) is 0 Å². The number of hydrogen-bond acceptors (Lipinski definition) is 5. The number of hydrogen-bond donors (Lipinski definition) is 1. The predicted octanol–water partition coefficient (Wildman–Crippen LogP) is 4.51. The molecule has 0 fully saturated rings. The van der Waals surface area contributed by atoms with Crippen LogP contribution in [0, 0.1) is 0 Å². The predicted molar refractivity (Wildman–Crippen MR) is 136 cm³/mol. The molecule has 0 bridgehead atoms. The van der Waals surface area contributed by atoms with E-state index in [1.807, 2.05) is 72.6 Å². The maximum atomic E-state index is 12.5. The van der Waals surface area contributed by atoms with Gasteiger partial charge in [0.25, 0.3) is 5.91 Å². The van der Waals surface area contributed by atoms with Crippen molar-refractivity contribution < 1.29 is 19.1 Å². The number of fused-ring (bicyclic) bond motifs is 1. The molecule has 178 valence electrons. The molecule has 0 aromatic heterocycles. The maximum Gasteiger partial charge on any atom is 0.325 e. The fourth-order valence-corrected chi connectivity index (χ4v) is 4.35. The average molecular weight is 469 g/mol. The van der Waals surface area contributed by atoms with Gasteiger partial charge in [0.1, 0.15) is 6.54 Å². The van der Waals surface area contributed by atoms with Gasteiger partial charge in [-0.25, -0.2) is 0 Å². The molecule has 6 nitrogen and oxygen atoms in total. The van der Waals surface area contributed by atoms with Crippen LogP contribution in [0.25, 0.3) is 11.1 Å². The molecule has 4 rings (SSSR count). The van der Waals surface area contributed by atoms with Crippen LogP contribution in [0.1, 0.15) is 29.8 Å². The SMILES string of the molecule is CN1/C(=C\C(=O)COC(=O)CNC(=O)c2ccc(-c3ccccc3)cc2)C(C)(C)c2ccccc21. The van der Waals surface area contributed by atoms with E-state index in [1.54, 1.807) is 12.1 Å². The van der Waals surface area contributed by atoms with Crippen LogP contribution in [0.2, 0.25) is 0 Å². The third-order valence-electron chi connectivity index (χ3n) is 6.26. The zero-order chi connectivity index (χ0) is 25.0. The van der Waals surface area contributed by atoms with Crippen molar-refractivity contribution in [3.8, 4) is 11.1 Å². The first-order valence-corrected chi connectivity index (χ1v) is 11.4. The van der Waals surface area contributed by atoms with Crippen molar-refractivity contribution in [3.63, 3.8) is 0 Å². The Morgan fingerprint density at radius 3 is 2.20 bits per heavy atom. The highest BCUT2D eigenvalue weighted by Crippen LogP contribution is 2.46. The second-order valence-corrected chi connectivity index (χ2v) is 8.98. The van der Waals surface area contributed by atoms with Gasteiger partial charge in [-0.1, -0.05) is 74.5 Å². The summed E-state index contributed by atoms with van der Waals surface area (Å²) in [6.07, 6.45) is 1.53. The summed E-state index contributed by atoms with van der Waals surface area (Å²) in [6.45, 7) is 3.41. The Labute approximate surface area is 205 Å². The van der Waals surface area contributed by atoms with Crippen LogP contribution in [-0.2, 0) is 19.7 Å². The van der Waals surface area contributed by atoms with E-state index >= 15 is 0 Å². The van der Waals surface area contributed by atoms with E-state index in [0.29, 0.717) is 5.56 Å². The third kappa shape index (κ3) is 5.17. The van der Waals surface area contributed by atoms with E-state index in [1.165, 1.54) is 6.08 Å². The molecule has 1 amide bonds. The molecule has 0 radical (unpaired) electrons. The number of carbonyl (C=O) groups excluding carboxylic acids is 3. The van der Waals surface area contributed by atoms with Crippen LogP contribution < -0.4 is 10.2 Å². The van der Waals surface area contributed by atoms with E-state index in [2.05, 4.69) is 25.2 Å². The van der Waals surface area contributed by atoms with Gasteiger partial charge < -0.3 is 15.0 Å². The van der Waals surface area contributed by atoms with Gasteiger partial charge in [0.2, 0.25) is 0 Å². The molecule has 0 saturated heterocycles. The fourth-order valence-electron chi connectivity index (χ4n) is 4.35. The van der Waals surface area contributed by atoms with E-state index < -0.39 is 5.97 Å². The van der Waals surface area contributed by atoms with Crippen LogP contribution >= 0.6 is 0 Å². The molecule has 0 aliphatic carbocycles. The van der Waals surface area contributed by atoms with Crippen molar-refractivity contribution in [2.24, 2.45) is 0 Å². The molecular weight excluding hydrogens is 440 g/mol. The Bertz CT molecular complexity index is 1280. The maximum absolute atomic E-state index is 12.5. The lowest BCUT2D eigenvalue weighted by molar-refractivity contribution is -0.145. The number of nitrogens with zero attached hydrogens (tertiary/aromatic N) is 1. The summed E-state index contributed by atoms with van der Waals surface area (Å²) >= 11 is 0. The average Bonchev–Trinajstić information content (AvgIpc) is 3.07. The van der Waals surface area contributed by atoms with Gasteiger partial charge in [-0.05, 0) is 34.9 Å². The van der Waals surface area contributed by atoms with E-state index in [4.69, 9.17) is 4.74 Å². The lowest BCUT2D eigenvalue weighted by Crippen LogP contribution is -2.31. The highest BCUT2D eigenvalue weighted by Gasteiger charge is 2.38. The zero-order valence-corrected chi connectivity index (χ0v) is 20.1. The van der Waals surface area contributed by atoms with E-state index in [0.717, 1.165) is 28.1 Å². The second kappa shape index (κ2) is 9.97. The molecule has 3 aromatic carbocycles. The lowest BCUT2D eigenvalue weighted by Gasteiger charge is -2.23. The molecule has 6 heteroatoms. The van der Waals surface area contributed by atoms with Crippen molar-refractivity contribution >= 4 is 23.3 Å². The standard InChI is InChI=1S/C29H28N2O4/c1-29(2)24-11-7-8-12-25(24)31(3)26(29)17-23(32)19-35-27(33)18-30-28(34)22-15-13-21(14-16-22)20-9-5-4-6-10-20/h4-17H,18-19H2,1-3H3,(H,30,34)/b26-17-. The van der Waals surface area contributed by atoms with Gasteiger partial charge >= 0.3 is 5.97 Å². The van der Waals surface area contributed by atoms with Gasteiger partial charge in [0.15, 0.2) is 12.4 Å². The molecular formula is C29H28N2O4. The number of likely N-dealkylation sites (N-methyl/N-ethyl adjacent to an activating group) is 1. The molecule has 3 aromatic rings. The van der Waals surface area contributed by atoms with Gasteiger partial charge in [-0.3, -0.25) is 14.4 Å². The minimum Gasteiger partial charge on any atom is -0.456 e. The van der Waals surface area contributed by atoms with Gasteiger partial charge in [-0.2, -0.15) is 0 Å². The number of nitrogens with one attached hydrogen (secondary N) is 1. The van der Waals surface area contributed by atoms with E-state index in [-0.39, 0.29) is 30.3 Å². The van der Waals surface area contributed by atoms with Crippen molar-refractivity contribution in [2.75, 3.05) is 25.1 Å². The topological polar surface area (TPSA) is 75.7 Å². The van der Waals surface area contributed by atoms with Crippen molar-refractivity contribution in [3.05, 3.63) is 102 Å². The van der Waals surface area contributed by atoms with E-state index in [9.17, 15) is 14.4 Å². The fraction of sp³-hybridized carbons (Fsp3) is 0.207. The number of ether oxygens (including phenoxy) is 1. The number of esters is 1. The molecule has 1 aliphatic rings. The van der Waals surface area contributed by atoms with Crippen LogP contribution in [-0.4, -0.2) is 37.9 Å². The third-order valence-corrected chi connectivity index (χ3v) is 6.26. The van der Waals surface area contributed by atoms with Crippen LogP contribution in [0.3, 0.4) is 0 Å². The Morgan fingerprint density at radius 1 is 0.886 bits per heavy atom. The highest BCUT2D eigenvalue weighted by molar-refractivity contribution is 5.97. The largest absolute Gasteiger partial charge is 0.456 e. The zero-order valence-electron chi connectivity index (χ0n) is 20.1. The molecule has 0 spiro atoms. The molecule has 0 unspecified atom stereocenters. The van der Waals surface area contributed by atoms with Crippen molar-refractivity contribution in [1.82, 2.24) is 5.32 Å². The Kier molecular flexibility index (Phi) is 6.82. The number of para-hydroxylation sites is 1. The number of allylic oxidation sites excluding steroid dienone is 1. The first-order chi connectivity index (χ1) is 16.8. The number of anilines is 1. The first kappa shape index (κ1) is 24.0. The summed E-state index contributed by atoms with van der Waals surface area (Å²) in [7, 11) is 1.92. The molecule has 0 saturated carbocycles. The number of benzene rings is 3. The first-order valence-electron chi connectivity index (χ1n) is 11.4. The quantitative estimate of drug-likeness (QED) is 0.408. The number of amides is 1. The number of rotatable bonds is 7.